The number of benzene rings is 2. The van der Waals surface area contributed by atoms with Crippen LogP contribution in [0, 0.1) is 0 Å². The molecule has 0 saturated heterocycles. The number of halogens is 1. The number of rotatable bonds is 2. The lowest BCUT2D eigenvalue weighted by Gasteiger charge is -2.44. The van der Waals surface area contributed by atoms with Crippen LogP contribution in [-0.2, 0) is 0 Å². The molecule has 2 aliphatic heterocycles. The quantitative estimate of drug-likeness (QED) is 0.878. The molecular weight excluding hydrogens is 324 g/mol. The summed E-state index contributed by atoms with van der Waals surface area (Å²) in [5, 5.41) is 2.83. The summed E-state index contributed by atoms with van der Waals surface area (Å²) >= 11 is 6.20. The molecule has 124 valence electrons. The van der Waals surface area contributed by atoms with Crippen LogP contribution in [0.3, 0.4) is 0 Å². The zero-order valence-electron chi connectivity index (χ0n) is 13.8. The van der Waals surface area contributed by atoms with E-state index in [9.17, 15) is 0 Å². The zero-order valence-corrected chi connectivity index (χ0v) is 14.6. The summed E-state index contributed by atoms with van der Waals surface area (Å²) in [5.74, 6) is 1.72. The van der Waals surface area contributed by atoms with Gasteiger partial charge in [-0.15, -0.1) is 0 Å². The van der Waals surface area contributed by atoms with E-state index in [1.54, 1.807) is 7.11 Å². The summed E-state index contributed by atoms with van der Waals surface area (Å²) in [6, 6.07) is 13.9. The number of hydrogen-bond acceptors (Lipinski definition) is 4. The Morgan fingerprint density at radius 1 is 1.17 bits per heavy atom. The third-order valence-corrected chi connectivity index (χ3v) is 4.71. The number of ether oxygens (including phenoxy) is 2. The lowest BCUT2D eigenvalue weighted by molar-refractivity contribution is -0.103. The molecule has 24 heavy (non-hydrogen) atoms. The summed E-state index contributed by atoms with van der Waals surface area (Å²) in [7, 11) is 1.67. The van der Waals surface area contributed by atoms with E-state index in [1.807, 2.05) is 42.5 Å². The van der Waals surface area contributed by atoms with Gasteiger partial charge in [-0.1, -0.05) is 11.6 Å². The second-order valence-electron chi connectivity index (χ2n) is 6.47. The first-order valence-corrected chi connectivity index (χ1v) is 8.26. The molecule has 2 aromatic carbocycles. The molecule has 0 amide bonds. The van der Waals surface area contributed by atoms with E-state index in [4.69, 9.17) is 21.1 Å². The largest absolute Gasteiger partial charge is 0.497 e. The highest BCUT2D eigenvalue weighted by atomic mass is 35.5. The normalized spacial score (nSPS) is 21.2. The Labute approximate surface area is 146 Å². The van der Waals surface area contributed by atoms with Gasteiger partial charge in [0.1, 0.15) is 11.5 Å². The Hall–Kier alpha value is -2.17. The van der Waals surface area contributed by atoms with Crippen LogP contribution in [0.5, 0.6) is 11.5 Å². The maximum absolute atomic E-state index is 6.20. The fourth-order valence-corrected chi connectivity index (χ4v) is 3.44. The summed E-state index contributed by atoms with van der Waals surface area (Å²) in [5.41, 5.74) is 6.22. The molecule has 1 atom stereocenters. The predicted molar refractivity (Wildman–Crippen MR) is 94.8 cm³/mol. The van der Waals surface area contributed by atoms with Gasteiger partial charge in [0.2, 0.25) is 0 Å². The summed E-state index contributed by atoms with van der Waals surface area (Å²) in [6.45, 7) is 4.10. The molecule has 0 bridgehead atoms. The highest BCUT2D eigenvalue weighted by Gasteiger charge is 2.44. The van der Waals surface area contributed by atoms with Crippen LogP contribution >= 0.6 is 11.6 Å². The van der Waals surface area contributed by atoms with Crippen LogP contribution in [0.1, 0.15) is 31.0 Å². The number of methoxy groups -OCH3 is 1. The number of hydrazine groups is 1. The molecule has 1 unspecified atom stereocenters. The topological polar surface area (TPSA) is 33.7 Å². The van der Waals surface area contributed by atoms with Crippen LogP contribution < -0.4 is 14.9 Å². The van der Waals surface area contributed by atoms with E-state index >= 15 is 0 Å². The van der Waals surface area contributed by atoms with Crippen molar-refractivity contribution in [2.24, 2.45) is 0 Å². The number of hydrogen-bond donors (Lipinski definition) is 1. The van der Waals surface area contributed by atoms with Crippen LogP contribution in [0.2, 0.25) is 5.02 Å². The van der Waals surface area contributed by atoms with Crippen molar-refractivity contribution in [2.45, 2.75) is 25.6 Å². The van der Waals surface area contributed by atoms with Crippen LogP contribution in [0.25, 0.3) is 5.70 Å². The second-order valence-corrected chi connectivity index (χ2v) is 6.90. The van der Waals surface area contributed by atoms with Gasteiger partial charge >= 0.3 is 0 Å². The highest BCUT2D eigenvalue weighted by Crippen LogP contribution is 2.45. The van der Waals surface area contributed by atoms with Gasteiger partial charge in [-0.2, -0.15) is 5.01 Å². The van der Waals surface area contributed by atoms with Gasteiger partial charge in [0.15, 0.2) is 5.72 Å². The van der Waals surface area contributed by atoms with E-state index in [2.05, 4.69) is 30.4 Å². The van der Waals surface area contributed by atoms with Gasteiger partial charge in [0.05, 0.1) is 18.8 Å². The fraction of sp³-hybridized carbons (Fsp3) is 0.263. The van der Waals surface area contributed by atoms with E-state index < -0.39 is 5.72 Å². The Kier molecular flexibility index (Phi) is 3.48. The van der Waals surface area contributed by atoms with Crippen molar-refractivity contribution >= 4 is 17.3 Å². The first kappa shape index (κ1) is 15.4. The maximum Gasteiger partial charge on any atom is 0.174 e. The molecule has 0 fully saturated rings. The van der Waals surface area contributed by atoms with Crippen LogP contribution in [0.15, 0.2) is 48.5 Å². The minimum atomic E-state index is -0.476. The molecular formula is C19H19ClN2O2. The standard InChI is InChI=1S/C19H19ClN2O2/c1-19(2)22-17(15-10-13(20)6-9-18(15)24-19)11-16(21-22)12-4-7-14(23-3)8-5-12/h4-11,17,21H,1-3H3. The SMILES string of the molecule is COc1ccc(C2=CC3c4cc(Cl)ccc4OC(C)(C)N3N2)cc1. The van der Waals surface area contributed by atoms with E-state index in [1.165, 1.54) is 0 Å². The predicted octanol–water partition coefficient (Wildman–Crippen LogP) is 4.38. The van der Waals surface area contributed by atoms with Gasteiger partial charge in [0, 0.05) is 10.6 Å². The molecule has 2 aliphatic rings. The molecule has 5 heteroatoms. The van der Waals surface area contributed by atoms with Crippen molar-refractivity contribution in [1.82, 2.24) is 10.4 Å². The average molecular weight is 343 g/mol. The third-order valence-electron chi connectivity index (χ3n) is 4.47. The molecule has 4 nitrogen and oxygen atoms in total. The summed E-state index contributed by atoms with van der Waals surface area (Å²) < 4.78 is 11.4. The number of nitrogens with zero attached hydrogens (tertiary/aromatic N) is 1. The first-order valence-electron chi connectivity index (χ1n) is 7.89. The molecule has 0 saturated carbocycles. The van der Waals surface area contributed by atoms with Crippen molar-refractivity contribution in [3.05, 3.63) is 64.7 Å². The third kappa shape index (κ3) is 2.43. The van der Waals surface area contributed by atoms with Gasteiger partial charge in [0.25, 0.3) is 0 Å². The minimum absolute atomic E-state index is 0.0690. The van der Waals surface area contributed by atoms with E-state index in [0.29, 0.717) is 5.02 Å². The molecule has 0 spiro atoms. The second kappa shape index (κ2) is 5.43. The first-order chi connectivity index (χ1) is 11.5. The Bertz CT molecular complexity index is 815. The Balaban J connectivity index is 1.75. The van der Waals surface area contributed by atoms with Gasteiger partial charge in [-0.3, -0.25) is 0 Å². The fourth-order valence-electron chi connectivity index (χ4n) is 3.26. The summed E-state index contributed by atoms with van der Waals surface area (Å²) in [4.78, 5) is 0. The molecule has 1 N–H and O–H groups in total. The lowest BCUT2D eigenvalue weighted by Crippen LogP contribution is -2.55. The van der Waals surface area contributed by atoms with Crippen molar-refractivity contribution in [3.8, 4) is 11.5 Å². The molecule has 0 aromatic heterocycles. The molecule has 0 aliphatic carbocycles. The minimum Gasteiger partial charge on any atom is -0.497 e. The summed E-state index contributed by atoms with van der Waals surface area (Å²) in [6.07, 6.45) is 2.21. The smallest absolute Gasteiger partial charge is 0.174 e. The maximum atomic E-state index is 6.20. The van der Waals surface area contributed by atoms with Crippen LogP contribution in [-0.4, -0.2) is 17.8 Å². The Morgan fingerprint density at radius 2 is 1.92 bits per heavy atom. The van der Waals surface area contributed by atoms with Crippen LogP contribution in [0.4, 0.5) is 0 Å². The van der Waals surface area contributed by atoms with Gasteiger partial charge in [-0.05, 0) is 68.0 Å². The lowest BCUT2D eigenvalue weighted by atomic mass is 10.00. The number of nitrogens with one attached hydrogen (secondary N) is 1. The van der Waals surface area contributed by atoms with E-state index in [-0.39, 0.29) is 6.04 Å². The van der Waals surface area contributed by atoms with Crippen molar-refractivity contribution in [3.63, 3.8) is 0 Å². The van der Waals surface area contributed by atoms with Crippen molar-refractivity contribution in [2.75, 3.05) is 7.11 Å². The molecule has 0 radical (unpaired) electrons. The van der Waals surface area contributed by atoms with E-state index in [0.717, 1.165) is 28.3 Å². The average Bonchev–Trinajstić information content (AvgIpc) is 3.02. The Morgan fingerprint density at radius 3 is 2.62 bits per heavy atom. The molecule has 2 aromatic rings. The highest BCUT2D eigenvalue weighted by molar-refractivity contribution is 6.30. The molecule has 4 rings (SSSR count). The monoisotopic (exact) mass is 342 g/mol. The number of fused-ring (bicyclic) bond motifs is 3. The van der Waals surface area contributed by atoms with Crippen molar-refractivity contribution in [1.29, 1.82) is 0 Å². The zero-order chi connectivity index (χ0) is 16.9. The van der Waals surface area contributed by atoms with Gasteiger partial charge < -0.3 is 14.9 Å². The van der Waals surface area contributed by atoms with Gasteiger partial charge in [-0.25, -0.2) is 0 Å². The molecule has 2 heterocycles. The van der Waals surface area contributed by atoms with Crippen molar-refractivity contribution < 1.29 is 9.47 Å².